The normalized spacial score (nSPS) is 11.1. The molecule has 0 saturated heterocycles. The fourth-order valence-electron chi connectivity index (χ4n) is 3.42. The van der Waals surface area contributed by atoms with E-state index in [4.69, 9.17) is 11.6 Å². The number of anilines is 1. The number of benzene rings is 3. The van der Waals surface area contributed by atoms with Gasteiger partial charge in [0, 0.05) is 16.3 Å². The van der Waals surface area contributed by atoms with Crippen LogP contribution in [0.25, 0.3) is 0 Å². The quantitative estimate of drug-likeness (QED) is 0.293. The smallest absolute Gasteiger partial charge is 0.267 e. The predicted octanol–water partition coefficient (Wildman–Crippen LogP) is 5.95. The highest BCUT2D eigenvalue weighted by Gasteiger charge is 2.27. The Morgan fingerprint density at radius 3 is 2.21 bits per heavy atom. The minimum absolute atomic E-state index is 0.0777. The summed E-state index contributed by atoms with van der Waals surface area (Å²) >= 11 is 6.31. The monoisotopic (exact) mass is 497 g/mol. The molecule has 0 aliphatic carbocycles. The maximum Gasteiger partial charge on any atom is 0.271 e. The van der Waals surface area contributed by atoms with Gasteiger partial charge < -0.3 is 0 Å². The van der Waals surface area contributed by atoms with Crippen molar-refractivity contribution >= 4 is 38.9 Å². The van der Waals surface area contributed by atoms with Crippen molar-refractivity contribution in [3.8, 4) is 0 Å². The number of hydrazone groups is 1. The zero-order valence-electron chi connectivity index (χ0n) is 19.5. The Kier molecular flexibility index (Phi) is 8.47. The predicted molar refractivity (Wildman–Crippen MR) is 138 cm³/mol. The number of hydrogen-bond donors (Lipinski definition) is 1. The van der Waals surface area contributed by atoms with Crippen molar-refractivity contribution in [2.24, 2.45) is 5.10 Å². The molecular weight excluding hydrogens is 470 g/mol. The fourth-order valence-corrected chi connectivity index (χ4v) is 5.12. The van der Waals surface area contributed by atoms with Crippen molar-refractivity contribution in [2.45, 2.75) is 45.1 Å². The molecule has 3 aromatic rings. The van der Waals surface area contributed by atoms with E-state index in [1.54, 1.807) is 79.7 Å². The third kappa shape index (κ3) is 5.85. The Bertz CT molecular complexity index is 1270. The summed E-state index contributed by atoms with van der Waals surface area (Å²) in [5, 5.41) is 4.63. The van der Waals surface area contributed by atoms with Crippen molar-refractivity contribution in [1.82, 2.24) is 5.43 Å². The molecule has 0 bridgehead atoms. The molecule has 0 aliphatic heterocycles. The summed E-state index contributed by atoms with van der Waals surface area (Å²) in [6.07, 6.45) is 1.54. The van der Waals surface area contributed by atoms with Crippen molar-refractivity contribution in [2.75, 3.05) is 4.31 Å². The molecule has 0 aliphatic rings. The largest absolute Gasteiger partial charge is 0.271 e. The molecule has 0 unspecified atom stereocenters. The van der Waals surface area contributed by atoms with Crippen LogP contribution in [0.5, 0.6) is 0 Å². The van der Waals surface area contributed by atoms with Gasteiger partial charge >= 0.3 is 0 Å². The molecule has 0 aromatic heterocycles. The van der Waals surface area contributed by atoms with E-state index in [-0.39, 0.29) is 17.3 Å². The fraction of sp³-hybridized carbons (Fsp3) is 0.231. The number of nitrogens with zero attached hydrogens (tertiary/aromatic N) is 2. The Labute approximate surface area is 206 Å². The number of carbonyl (C=O) groups is 1. The lowest BCUT2D eigenvalue weighted by molar-refractivity contribution is 0.0954. The Balaban J connectivity index is 1.92. The lowest BCUT2D eigenvalue weighted by Crippen LogP contribution is -2.31. The minimum Gasteiger partial charge on any atom is -0.267 e. The number of amides is 1. The second kappa shape index (κ2) is 11.3. The van der Waals surface area contributed by atoms with Gasteiger partial charge in [-0.15, -0.1) is 0 Å². The van der Waals surface area contributed by atoms with Crippen molar-refractivity contribution in [3.05, 3.63) is 94.5 Å². The molecule has 3 aromatic carbocycles. The molecule has 0 heterocycles. The molecule has 0 atom stereocenters. The molecule has 0 radical (unpaired) electrons. The Morgan fingerprint density at radius 1 is 0.941 bits per heavy atom. The van der Waals surface area contributed by atoms with Crippen LogP contribution in [-0.2, 0) is 16.6 Å². The van der Waals surface area contributed by atoms with Crippen LogP contribution in [0.1, 0.15) is 48.2 Å². The first-order valence-corrected chi connectivity index (χ1v) is 12.9. The van der Waals surface area contributed by atoms with Crippen LogP contribution in [0.2, 0.25) is 5.02 Å². The summed E-state index contributed by atoms with van der Waals surface area (Å²) in [6, 6.07) is 20.3. The van der Waals surface area contributed by atoms with E-state index in [1.165, 1.54) is 4.31 Å². The van der Waals surface area contributed by atoms with Crippen LogP contribution >= 0.6 is 11.6 Å². The maximum atomic E-state index is 13.6. The first-order chi connectivity index (χ1) is 16.3. The van der Waals surface area contributed by atoms with Crippen LogP contribution in [0.4, 0.5) is 5.69 Å². The molecule has 1 amide bonds. The molecule has 3 rings (SSSR count). The Hall–Kier alpha value is -3.16. The van der Waals surface area contributed by atoms with Crippen molar-refractivity contribution < 1.29 is 13.2 Å². The van der Waals surface area contributed by atoms with E-state index in [0.717, 1.165) is 24.1 Å². The highest BCUT2D eigenvalue weighted by Crippen LogP contribution is 2.32. The lowest BCUT2D eigenvalue weighted by Gasteiger charge is -2.26. The Morgan fingerprint density at radius 2 is 1.59 bits per heavy atom. The number of rotatable bonds is 9. The number of halogens is 1. The number of carbonyl (C=O) groups excluding carboxylic acids is 1. The highest BCUT2D eigenvalue weighted by molar-refractivity contribution is 7.92. The average Bonchev–Trinajstić information content (AvgIpc) is 2.86. The molecule has 1 N–H and O–H groups in total. The second-order valence-corrected chi connectivity index (χ2v) is 10.0. The van der Waals surface area contributed by atoms with Gasteiger partial charge in [0.15, 0.2) is 0 Å². The summed E-state index contributed by atoms with van der Waals surface area (Å²) < 4.78 is 28.5. The highest BCUT2D eigenvalue weighted by atomic mass is 35.5. The van der Waals surface area contributed by atoms with Crippen molar-refractivity contribution in [3.63, 3.8) is 0 Å². The van der Waals surface area contributed by atoms with Crippen LogP contribution in [0, 0.1) is 6.92 Å². The van der Waals surface area contributed by atoms with Crippen LogP contribution in [0.3, 0.4) is 0 Å². The third-order valence-corrected chi connectivity index (χ3v) is 7.70. The first kappa shape index (κ1) is 25.5. The van der Waals surface area contributed by atoms with Gasteiger partial charge in [0.2, 0.25) is 0 Å². The molecule has 178 valence electrons. The molecular formula is C26H28ClN3O3S. The number of nitrogens with one attached hydrogen (secondary N) is 1. The molecule has 34 heavy (non-hydrogen) atoms. The van der Waals surface area contributed by atoms with Gasteiger partial charge in [-0.1, -0.05) is 61.8 Å². The van der Waals surface area contributed by atoms with E-state index in [9.17, 15) is 13.2 Å². The number of sulfonamides is 1. The maximum absolute atomic E-state index is 13.6. The molecule has 6 nitrogen and oxygen atoms in total. The summed E-state index contributed by atoms with van der Waals surface area (Å²) in [7, 11) is -3.86. The SMILES string of the molecule is CCC(CC)=NNC(=O)c1ccc(CN(c2cccc(Cl)c2C)S(=O)(=O)c2ccccc2)cc1. The number of hydrogen-bond acceptors (Lipinski definition) is 4. The van der Waals surface area contributed by atoms with E-state index >= 15 is 0 Å². The van der Waals surface area contributed by atoms with Gasteiger partial charge in [-0.05, 0) is 67.3 Å². The summed E-state index contributed by atoms with van der Waals surface area (Å²) in [5.74, 6) is -0.314. The van der Waals surface area contributed by atoms with E-state index in [2.05, 4.69) is 10.5 Å². The van der Waals surface area contributed by atoms with Gasteiger partial charge in [0.1, 0.15) is 0 Å². The van der Waals surface area contributed by atoms with Crippen LogP contribution in [0.15, 0.2) is 82.8 Å². The van der Waals surface area contributed by atoms with Gasteiger partial charge in [0.05, 0.1) is 17.1 Å². The first-order valence-electron chi connectivity index (χ1n) is 11.1. The van der Waals surface area contributed by atoms with Gasteiger partial charge in [-0.3, -0.25) is 9.10 Å². The topological polar surface area (TPSA) is 78.8 Å². The lowest BCUT2D eigenvalue weighted by atomic mass is 10.1. The average molecular weight is 498 g/mol. The summed E-state index contributed by atoms with van der Waals surface area (Å²) in [6.45, 7) is 5.84. The van der Waals surface area contributed by atoms with Crippen LogP contribution < -0.4 is 9.73 Å². The third-order valence-electron chi connectivity index (χ3n) is 5.51. The van der Waals surface area contributed by atoms with E-state index < -0.39 is 10.0 Å². The van der Waals surface area contributed by atoms with E-state index in [1.807, 2.05) is 13.8 Å². The van der Waals surface area contributed by atoms with Gasteiger partial charge in [-0.2, -0.15) is 5.10 Å². The zero-order chi connectivity index (χ0) is 24.7. The molecule has 0 saturated carbocycles. The van der Waals surface area contributed by atoms with Gasteiger partial charge in [-0.25, -0.2) is 13.8 Å². The summed E-state index contributed by atoms with van der Waals surface area (Å²) in [5.41, 5.74) is 5.81. The standard InChI is InChI=1S/C26H28ClN3O3S/c1-4-22(5-2)28-29-26(31)21-16-14-20(15-17-21)18-30(25-13-9-12-24(27)19(25)3)34(32,33)23-10-7-6-8-11-23/h6-17H,4-5,18H2,1-3H3,(H,29,31). The van der Waals surface area contributed by atoms with Crippen molar-refractivity contribution in [1.29, 1.82) is 0 Å². The minimum atomic E-state index is -3.86. The second-order valence-electron chi connectivity index (χ2n) is 7.73. The van der Waals surface area contributed by atoms with Gasteiger partial charge in [0.25, 0.3) is 15.9 Å². The zero-order valence-corrected chi connectivity index (χ0v) is 21.0. The van der Waals surface area contributed by atoms with Crippen LogP contribution in [-0.4, -0.2) is 20.0 Å². The summed E-state index contributed by atoms with van der Waals surface area (Å²) in [4.78, 5) is 12.6. The molecule has 8 heteroatoms. The van der Waals surface area contributed by atoms with E-state index in [0.29, 0.717) is 21.8 Å². The molecule has 0 fully saturated rings. The molecule has 0 spiro atoms.